The number of benzene rings is 1. The van der Waals surface area contributed by atoms with Gasteiger partial charge in [0.25, 0.3) is 0 Å². The van der Waals surface area contributed by atoms with Gasteiger partial charge in [-0.1, -0.05) is 19.9 Å². The van der Waals surface area contributed by atoms with E-state index in [2.05, 4.69) is 0 Å². The summed E-state index contributed by atoms with van der Waals surface area (Å²) in [5.74, 6) is -4.24. The fourth-order valence-corrected chi connectivity index (χ4v) is 3.08. The van der Waals surface area contributed by atoms with Crippen molar-refractivity contribution in [3.63, 3.8) is 0 Å². The Labute approximate surface area is 114 Å². The van der Waals surface area contributed by atoms with Gasteiger partial charge in [0.2, 0.25) is 11.8 Å². The Morgan fingerprint density at radius 1 is 1.25 bits per heavy atom. The Kier molecular flexibility index (Phi) is 2.33. The van der Waals surface area contributed by atoms with Crippen LogP contribution in [0, 0.1) is 23.1 Å². The number of aromatic carboxylic acids is 1. The van der Waals surface area contributed by atoms with Crippen molar-refractivity contribution in [2.45, 2.75) is 13.8 Å². The lowest BCUT2D eigenvalue weighted by Gasteiger charge is -2.22. The number of anilines is 1. The molecule has 0 spiro atoms. The summed E-state index contributed by atoms with van der Waals surface area (Å²) in [5.41, 5.74) is -1.25. The van der Waals surface area contributed by atoms with E-state index in [-0.39, 0.29) is 5.56 Å². The van der Waals surface area contributed by atoms with Crippen LogP contribution in [-0.2, 0) is 9.59 Å². The molecule has 1 aliphatic heterocycles. The van der Waals surface area contributed by atoms with Gasteiger partial charge in [0.15, 0.2) is 0 Å². The summed E-state index contributed by atoms with van der Waals surface area (Å²) in [6, 6.07) is 3.45. The number of carboxylic acids is 1. The van der Waals surface area contributed by atoms with Crippen LogP contribution in [-0.4, -0.2) is 22.9 Å². The van der Waals surface area contributed by atoms with Crippen LogP contribution in [0.5, 0.6) is 0 Å². The standard InChI is InChI=1S/C14H12FNO4/c1-14(2)8-9(14)12(18)16(11(8)17)10-6(13(19)20)4-3-5-7(10)15/h3-5,8-9H,1-2H3,(H,19,20). The third-order valence-electron chi connectivity index (χ3n) is 4.24. The van der Waals surface area contributed by atoms with Gasteiger partial charge in [-0.25, -0.2) is 14.1 Å². The average Bonchev–Trinajstić information content (AvgIpc) is 2.81. The SMILES string of the molecule is CC1(C)C2C(=O)N(c3c(F)cccc3C(=O)O)C(=O)C21. The zero-order valence-corrected chi connectivity index (χ0v) is 10.9. The largest absolute Gasteiger partial charge is 0.478 e. The highest BCUT2D eigenvalue weighted by Gasteiger charge is 2.73. The molecule has 2 aliphatic rings. The van der Waals surface area contributed by atoms with Crippen LogP contribution in [0.15, 0.2) is 18.2 Å². The molecule has 2 atom stereocenters. The van der Waals surface area contributed by atoms with Crippen molar-refractivity contribution >= 4 is 23.5 Å². The van der Waals surface area contributed by atoms with Crippen LogP contribution in [0.1, 0.15) is 24.2 Å². The second kappa shape index (κ2) is 3.65. The van der Waals surface area contributed by atoms with Gasteiger partial charge in [-0.2, -0.15) is 0 Å². The van der Waals surface area contributed by atoms with E-state index in [1.54, 1.807) is 13.8 Å². The van der Waals surface area contributed by atoms with E-state index in [4.69, 9.17) is 5.11 Å². The van der Waals surface area contributed by atoms with E-state index in [0.717, 1.165) is 6.07 Å². The number of halogens is 1. The summed E-state index contributed by atoms with van der Waals surface area (Å²) in [5, 5.41) is 9.09. The van der Waals surface area contributed by atoms with Crippen molar-refractivity contribution in [1.82, 2.24) is 0 Å². The monoisotopic (exact) mass is 277 g/mol. The fraction of sp³-hybridized carbons (Fsp3) is 0.357. The number of nitrogens with zero attached hydrogens (tertiary/aromatic N) is 1. The van der Waals surface area contributed by atoms with Gasteiger partial charge in [0, 0.05) is 0 Å². The van der Waals surface area contributed by atoms with Crippen LogP contribution in [0.3, 0.4) is 0 Å². The van der Waals surface area contributed by atoms with Gasteiger partial charge in [-0.3, -0.25) is 9.59 Å². The van der Waals surface area contributed by atoms with Crippen molar-refractivity contribution in [1.29, 1.82) is 0 Å². The van der Waals surface area contributed by atoms with Crippen LogP contribution >= 0.6 is 0 Å². The number of amides is 2. The number of fused-ring (bicyclic) bond motifs is 1. The van der Waals surface area contributed by atoms with Gasteiger partial charge in [-0.15, -0.1) is 0 Å². The van der Waals surface area contributed by atoms with E-state index in [0.29, 0.717) is 4.90 Å². The van der Waals surface area contributed by atoms with E-state index >= 15 is 0 Å². The number of carboxylic acid groups (broad SMARTS) is 1. The van der Waals surface area contributed by atoms with Crippen molar-refractivity contribution < 1.29 is 23.9 Å². The molecular formula is C14H12FNO4. The number of para-hydroxylation sites is 1. The Balaban J connectivity index is 2.11. The molecule has 1 aliphatic carbocycles. The molecule has 6 heteroatoms. The summed E-state index contributed by atoms with van der Waals surface area (Å²) in [6.45, 7) is 3.60. The number of carbonyl (C=O) groups excluding carboxylic acids is 2. The molecule has 2 fully saturated rings. The zero-order valence-electron chi connectivity index (χ0n) is 10.9. The number of carbonyl (C=O) groups is 3. The molecule has 0 bridgehead atoms. The number of piperidine rings is 1. The lowest BCUT2D eigenvalue weighted by Crippen LogP contribution is -2.38. The third kappa shape index (κ3) is 1.39. The Bertz CT molecular complexity index is 643. The highest BCUT2D eigenvalue weighted by Crippen LogP contribution is 2.63. The summed E-state index contributed by atoms with van der Waals surface area (Å²) in [4.78, 5) is 36.3. The van der Waals surface area contributed by atoms with Crippen LogP contribution in [0.2, 0.25) is 0 Å². The topological polar surface area (TPSA) is 74.7 Å². The van der Waals surface area contributed by atoms with Crippen molar-refractivity contribution in [3.8, 4) is 0 Å². The second-order valence-corrected chi connectivity index (χ2v) is 5.73. The molecule has 1 heterocycles. The summed E-state index contributed by atoms with van der Waals surface area (Å²) in [6.07, 6.45) is 0. The molecule has 1 aromatic rings. The van der Waals surface area contributed by atoms with E-state index in [1.807, 2.05) is 0 Å². The Morgan fingerprint density at radius 3 is 2.30 bits per heavy atom. The predicted octanol–water partition coefficient (Wildman–Crippen LogP) is 1.67. The minimum atomic E-state index is -1.38. The maximum Gasteiger partial charge on any atom is 0.337 e. The Morgan fingerprint density at radius 2 is 1.80 bits per heavy atom. The first-order valence-corrected chi connectivity index (χ1v) is 6.18. The molecule has 1 saturated carbocycles. The second-order valence-electron chi connectivity index (χ2n) is 5.73. The maximum atomic E-state index is 13.9. The first-order valence-electron chi connectivity index (χ1n) is 6.18. The normalized spacial score (nSPS) is 26.6. The molecular weight excluding hydrogens is 265 g/mol. The third-order valence-corrected chi connectivity index (χ3v) is 4.24. The first kappa shape index (κ1) is 12.8. The smallest absolute Gasteiger partial charge is 0.337 e. The molecule has 0 radical (unpaired) electrons. The maximum absolute atomic E-state index is 13.9. The van der Waals surface area contributed by atoms with E-state index in [9.17, 15) is 18.8 Å². The van der Waals surface area contributed by atoms with Crippen LogP contribution < -0.4 is 4.90 Å². The molecule has 2 amide bonds. The minimum absolute atomic E-state index is 0.384. The molecule has 1 saturated heterocycles. The minimum Gasteiger partial charge on any atom is -0.478 e. The summed E-state index contributed by atoms with van der Waals surface area (Å²) < 4.78 is 13.9. The number of rotatable bonds is 2. The van der Waals surface area contributed by atoms with Crippen molar-refractivity contribution in [3.05, 3.63) is 29.6 Å². The summed E-state index contributed by atoms with van der Waals surface area (Å²) in [7, 11) is 0. The van der Waals surface area contributed by atoms with Gasteiger partial charge in [0.05, 0.1) is 17.4 Å². The van der Waals surface area contributed by atoms with Gasteiger partial charge < -0.3 is 5.11 Å². The lowest BCUT2D eigenvalue weighted by molar-refractivity contribution is -0.125. The number of imide groups is 1. The van der Waals surface area contributed by atoms with Gasteiger partial charge in [0.1, 0.15) is 11.5 Å². The highest BCUT2D eigenvalue weighted by molar-refractivity contribution is 6.27. The highest BCUT2D eigenvalue weighted by atomic mass is 19.1. The zero-order chi connectivity index (χ0) is 14.8. The van der Waals surface area contributed by atoms with E-state index < -0.39 is 46.5 Å². The molecule has 2 unspecified atom stereocenters. The molecule has 1 N–H and O–H groups in total. The Hall–Kier alpha value is -2.24. The molecule has 104 valence electrons. The van der Waals surface area contributed by atoms with Crippen molar-refractivity contribution in [2.24, 2.45) is 17.3 Å². The van der Waals surface area contributed by atoms with Crippen LogP contribution in [0.4, 0.5) is 10.1 Å². The van der Waals surface area contributed by atoms with Gasteiger partial charge in [-0.05, 0) is 17.5 Å². The lowest BCUT2D eigenvalue weighted by atomic mass is 10.0. The molecule has 0 aromatic heterocycles. The molecule has 5 nitrogen and oxygen atoms in total. The molecule has 1 aromatic carbocycles. The number of hydrogen-bond donors (Lipinski definition) is 1. The van der Waals surface area contributed by atoms with Crippen molar-refractivity contribution in [2.75, 3.05) is 4.90 Å². The quantitative estimate of drug-likeness (QED) is 0.834. The van der Waals surface area contributed by atoms with E-state index in [1.165, 1.54) is 12.1 Å². The number of hydrogen-bond acceptors (Lipinski definition) is 3. The summed E-state index contributed by atoms with van der Waals surface area (Å²) >= 11 is 0. The molecule has 20 heavy (non-hydrogen) atoms. The predicted molar refractivity (Wildman–Crippen MR) is 66.6 cm³/mol. The first-order chi connectivity index (χ1) is 9.28. The van der Waals surface area contributed by atoms with Gasteiger partial charge >= 0.3 is 5.97 Å². The van der Waals surface area contributed by atoms with Crippen LogP contribution in [0.25, 0.3) is 0 Å². The fourth-order valence-electron chi connectivity index (χ4n) is 3.08. The average molecular weight is 277 g/mol. The molecule has 3 rings (SSSR count).